The Morgan fingerprint density at radius 3 is 2.45 bits per heavy atom. The molecule has 0 aliphatic carbocycles. The lowest BCUT2D eigenvalue weighted by molar-refractivity contribution is -0.144. The highest BCUT2D eigenvalue weighted by Gasteiger charge is 2.16. The molecule has 0 aliphatic rings. The summed E-state index contributed by atoms with van der Waals surface area (Å²) in [6.45, 7) is 1.34. The normalized spacial score (nSPS) is 11.3. The smallest absolute Gasteiger partial charge is 0.331 e. The van der Waals surface area contributed by atoms with Gasteiger partial charge in [-0.15, -0.1) is 0 Å². The SMILES string of the molecule is COc1ccc(OC)c(C(C)NC(=O)COC(=O)/C=C/c2ccc(OCC#N)cc2)c1. The molecule has 1 N–H and O–H groups in total. The van der Waals surface area contributed by atoms with Crippen molar-refractivity contribution in [3.63, 3.8) is 0 Å². The van der Waals surface area contributed by atoms with Gasteiger partial charge in [-0.3, -0.25) is 4.79 Å². The second-order valence-electron chi connectivity index (χ2n) is 6.35. The van der Waals surface area contributed by atoms with Crippen LogP contribution in [0.2, 0.25) is 0 Å². The Labute approximate surface area is 181 Å². The number of carbonyl (C=O) groups excluding carboxylic acids is 2. The fraction of sp³-hybridized carbons (Fsp3) is 0.261. The van der Waals surface area contributed by atoms with E-state index in [1.165, 1.54) is 6.08 Å². The maximum atomic E-state index is 12.2. The highest BCUT2D eigenvalue weighted by Crippen LogP contribution is 2.29. The summed E-state index contributed by atoms with van der Waals surface area (Å²) in [6, 6.07) is 13.6. The van der Waals surface area contributed by atoms with Crippen LogP contribution >= 0.6 is 0 Å². The quantitative estimate of drug-likeness (QED) is 0.461. The lowest BCUT2D eigenvalue weighted by Crippen LogP contribution is -2.31. The number of amides is 1. The summed E-state index contributed by atoms with van der Waals surface area (Å²) < 4.78 is 20.7. The predicted molar refractivity (Wildman–Crippen MR) is 114 cm³/mol. The first-order valence-electron chi connectivity index (χ1n) is 9.42. The summed E-state index contributed by atoms with van der Waals surface area (Å²) in [5, 5.41) is 11.3. The monoisotopic (exact) mass is 424 g/mol. The first-order valence-corrected chi connectivity index (χ1v) is 9.42. The number of nitrogens with zero attached hydrogens (tertiary/aromatic N) is 1. The second kappa shape index (κ2) is 11.9. The molecule has 0 heterocycles. The number of ether oxygens (including phenoxy) is 4. The van der Waals surface area contributed by atoms with Crippen molar-refractivity contribution in [2.75, 3.05) is 27.4 Å². The van der Waals surface area contributed by atoms with Crippen molar-refractivity contribution in [3.05, 3.63) is 59.7 Å². The van der Waals surface area contributed by atoms with E-state index in [0.717, 1.165) is 11.1 Å². The molecule has 31 heavy (non-hydrogen) atoms. The summed E-state index contributed by atoms with van der Waals surface area (Å²) in [4.78, 5) is 24.0. The number of hydrogen-bond acceptors (Lipinski definition) is 7. The molecule has 2 aromatic rings. The molecule has 0 fully saturated rings. The Bertz CT molecular complexity index is 963. The van der Waals surface area contributed by atoms with Crippen LogP contribution in [0.15, 0.2) is 48.5 Å². The Hall–Kier alpha value is -3.99. The Morgan fingerprint density at radius 2 is 1.81 bits per heavy atom. The zero-order valence-corrected chi connectivity index (χ0v) is 17.6. The molecular formula is C23H24N2O6. The highest BCUT2D eigenvalue weighted by atomic mass is 16.5. The van der Waals surface area contributed by atoms with Crippen LogP contribution in [0.25, 0.3) is 6.08 Å². The van der Waals surface area contributed by atoms with Gasteiger partial charge in [0.15, 0.2) is 13.2 Å². The molecule has 2 aromatic carbocycles. The van der Waals surface area contributed by atoms with Crippen LogP contribution in [0, 0.1) is 11.3 Å². The molecule has 0 aliphatic heterocycles. The van der Waals surface area contributed by atoms with Crippen LogP contribution < -0.4 is 19.5 Å². The summed E-state index contributed by atoms with van der Waals surface area (Å²) in [7, 11) is 3.10. The first kappa shape index (κ1) is 23.3. The number of carbonyl (C=O) groups is 2. The Morgan fingerprint density at radius 1 is 1.10 bits per heavy atom. The molecule has 1 amide bonds. The third-order valence-corrected chi connectivity index (χ3v) is 4.22. The molecule has 0 bridgehead atoms. The van der Waals surface area contributed by atoms with Gasteiger partial charge < -0.3 is 24.3 Å². The van der Waals surface area contributed by atoms with Crippen LogP contribution in [-0.4, -0.2) is 39.3 Å². The largest absolute Gasteiger partial charge is 0.497 e. The average molecular weight is 424 g/mol. The van der Waals surface area contributed by atoms with E-state index in [1.807, 2.05) is 6.07 Å². The van der Waals surface area contributed by atoms with Crippen molar-refractivity contribution in [1.29, 1.82) is 5.26 Å². The molecule has 0 aromatic heterocycles. The van der Waals surface area contributed by atoms with Gasteiger partial charge in [0.05, 0.1) is 20.3 Å². The molecule has 0 saturated heterocycles. The standard InChI is InChI=1S/C23H24N2O6/c1-16(20-14-19(28-2)9-10-21(20)29-3)25-22(26)15-31-23(27)11-6-17-4-7-18(8-5-17)30-13-12-24/h4-11,14,16H,13,15H2,1-3H3,(H,25,26)/b11-6+. The van der Waals surface area contributed by atoms with Gasteiger partial charge in [0, 0.05) is 11.6 Å². The van der Waals surface area contributed by atoms with E-state index in [2.05, 4.69) is 5.32 Å². The molecule has 1 atom stereocenters. The number of benzene rings is 2. The van der Waals surface area contributed by atoms with Gasteiger partial charge in [-0.25, -0.2) is 4.79 Å². The highest BCUT2D eigenvalue weighted by molar-refractivity contribution is 5.89. The molecule has 0 saturated carbocycles. The summed E-state index contributed by atoms with van der Waals surface area (Å²) >= 11 is 0. The lowest BCUT2D eigenvalue weighted by Gasteiger charge is -2.18. The van der Waals surface area contributed by atoms with E-state index < -0.39 is 18.5 Å². The van der Waals surface area contributed by atoms with Gasteiger partial charge in [-0.2, -0.15) is 5.26 Å². The number of nitriles is 1. The maximum Gasteiger partial charge on any atom is 0.331 e. The molecular weight excluding hydrogens is 400 g/mol. The van der Waals surface area contributed by atoms with E-state index in [9.17, 15) is 9.59 Å². The van der Waals surface area contributed by atoms with Crippen LogP contribution in [0.4, 0.5) is 0 Å². The lowest BCUT2D eigenvalue weighted by atomic mass is 10.1. The maximum absolute atomic E-state index is 12.2. The van der Waals surface area contributed by atoms with Crippen molar-refractivity contribution in [3.8, 4) is 23.3 Å². The Balaban J connectivity index is 1.84. The third kappa shape index (κ3) is 7.40. The first-order chi connectivity index (χ1) is 15.0. The molecule has 162 valence electrons. The zero-order chi connectivity index (χ0) is 22.6. The molecule has 0 radical (unpaired) electrons. The van der Waals surface area contributed by atoms with Crippen molar-refractivity contribution < 1.29 is 28.5 Å². The minimum absolute atomic E-state index is 0.0349. The number of methoxy groups -OCH3 is 2. The zero-order valence-electron chi connectivity index (χ0n) is 17.6. The van der Waals surface area contributed by atoms with Crippen LogP contribution in [0.3, 0.4) is 0 Å². The van der Waals surface area contributed by atoms with Crippen molar-refractivity contribution in [1.82, 2.24) is 5.32 Å². The van der Waals surface area contributed by atoms with Gasteiger partial charge in [0.25, 0.3) is 5.91 Å². The molecule has 8 heteroatoms. The van der Waals surface area contributed by atoms with Crippen LogP contribution in [0.1, 0.15) is 24.1 Å². The van der Waals surface area contributed by atoms with Gasteiger partial charge in [0.1, 0.15) is 23.3 Å². The number of hydrogen-bond donors (Lipinski definition) is 1. The predicted octanol–water partition coefficient (Wildman–Crippen LogP) is 3.04. The molecule has 1 unspecified atom stereocenters. The molecule has 2 rings (SSSR count). The summed E-state index contributed by atoms with van der Waals surface area (Å²) in [5.74, 6) is 0.708. The number of esters is 1. The number of nitrogens with one attached hydrogen (secondary N) is 1. The summed E-state index contributed by atoms with van der Waals surface area (Å²) in [5.41, 5.74) is 1.48. The fourth-order valence-electron chi connectivity index (χ4n) is 2.68. The second-order valence-corrected chi connectivity index (χ2v) is 6.35. The average Bonchev–Trinajstić information content (AvgIpc) is 2.80. The molecule has 0 spiro atoms. The van der Waals surface area contributed by atoms with Crippen LogP contribution in [0.5, 0.6) is 17.2 Å². The van der Waals surface area contributed by atoms with E-state index in [1.54, 1.807) is 69.7 Å². The molecule has 8 nitrogen and oxygen atoms in total. The van der Waals surface area contributed by atoms with E-state index in [-0.39, 0.29) is 12.6 Å². The number of rotatable bonds is 10. The van der Waals surface area contributed by atoms with Gasteiger partial charge >= 0.3 is 5.97 Å². The third-order valence-electron chi connectivity index (χ3n) is 4.22. The minimum Gasteiger partial charge on any atom is -0.497 e. The van der Waals surface area contributed by atoms with Gasteiger partial charge in [-0.05, 0) is 48.9 Å². The van der Waals surface area contributed by atoms with E-state index >= 15 is 0 Å². The van der Waals surface area contributed by atoms with Crippen molar-refractivity contribution in [2.24, 2.45) is 0 Å². The van der Waals surface area contributed by atoms with Crippen molar-refractivity contribution in [2.45, 2.75) is 13.0 Å². The minimum atomic E-state index is -0.647. The van der Waals surface area contributed by atoms with Crippen molar-refractivity contribution >= 4 is 18.0 Å². The Kier molecular flexibility index (Phi) is 8.92. The fourth-order valence-corrected chi connectivity index (χ4v) is 2.68. The van der Waals surface area contributed by atoms with Crippen LogP contribution in [-0.2, 0) is 14.3 Å². The summed E-state index contributed by atoms with van der Waals surface area (Å²) in [6.07, 6.45) is 2.78. The van der Waals surface area contributed by atoms with E-state index in [4.69, 9.17) is 24.2 Å². The van der Waals surface area contributed by atoms with Gasteiger partial charge in [0.2, 0.25) is 0 Å². The van der Waals surface area contributed by atoms with E-state index in [0.29, 0.717) is 17.2 Å². The van der Waals surface area contributed by atoms with Gasteiger partial charge in [-0.1, -0.05) is 12.1 Å². The topological polar surface area (TPSA) is 107 Å².